The van der Waals surface area contributed by atoms with Crippen LogP contribution in [0.2, 0.25) is 0 Å². The van der Waals surface area contributed by atoms with Crippen molar-refractivity contribution in [1.82, 2.24) is 10.2 Å². The maximum Gasteiger partial charge on any atom is 0.239 e. The molecule has 2 aromatic rings. The molecule has 130 valence electrons. The van der Waals surface area contributed by atoms with E-state index < -0.39 is 0 Å². The molecule has 0 aromatic heterocycles. The van der Waals surface area contributed by atoms with Gasteiger partial charge in [0.1, 0.15) is 0 Å². The highest BCUT2D eigenvalue weighted by molar-refractivity contribution is 5.83. The van der Waals surface area contributed by atoms with Gasteiger partial charge in [0.05, 0.1) is 6.04 Å². The number of rotatable bonds is 4. The predicted octanol–water partition coefficient (Wildman–Crippen LogP) is 3.56. The maximum absolute atomic E-state index is 13.1. The van der Waals surface area contributed by atoms with Crippen molar-refractivity contribution < 1.29 is 4.79 Å². The summed E-state index contributed by atoms with van der Waals surface area (Å²) in [5.74, 6) is 0.548. The molecule has 2 aliphatic rings. The van der Waals surface area contributed by atoms with Gasteiger partial charge < -0.3 is 10.2 Å². The number of hydrogen-bond donors (Lipinski definition) is 1. The number of likely N-dealkylation sites (tertiary alicyclic amines) is 1. The third kappa shape index (κ3) is 3.34. The molecule has 0 saturated carbocycles. The molecule has 1 amide bonds. The van der Waals surface area contributed by atoms with Gasteiger partial charge >= 0.3 is 0 Å². The van der Waals surface area contributed by atoms with Crippen molar-refractivity contribution in [2.75, 3.05) is 13.1 Å². The highest BCUT2D eigenvalue weighted by Crippen LogP contribution is 2.37. The zero-order chi connectivity index (χ0) is 17.1. The number of carbonyl (C=O) groups excluding carboxylic acids is 1. The van der Waals surface area contributed by atoms with Gasteiger partial charge in [0, 0.05) is 18.5 Å². The number of benzene rings is 2. The summed E-state index contributed by atoms with van der Waals surface area (Å²) in [6, 6.07) is 21.6. The molecule has 2 aliphatic heterocycles. The summed E-state index contributed by atoms with van der Waals surface area (Å²) in [5.41, 5.74) is 2.61. The Morgan fingerprint density at radius 1 is 0.920 bits per heavy atom. The Balaban J connectivity index is 1.67. The van der Waals surface area contributed by atoms with Gasteiger partial charge in [0.25, 0.3) is 0 Å². The third-order valence-electron chi connectivity index (χ3n) is 5.64. The first-order chi connectivity index (χ1) is 12.3. The standard InChI is InChI=1S/C22H26N2O/c25-22(19-13-7-15-23-19)24-16-8-14-20(24)21(17-9-3-1-4-10-17)18-11-5-2-6-12-18/h1-6,9-12,19-21,23H,7-8,13-16H2. The number of amides is 1. The monoisotopic (exact) mass is 334 g/mol. The molecular weight excluding hydrogens is 308 g/mol. The normalized spacial score (nSPS) is 23.3. The van der Waals surface area contributed by atoms with E-state index in [-0.39, 0.29) is 18.0 Å². The van der Waals surface area contributed by atoms with E-state index in [4.69, 9.17) is 0 Å². The molecule has 0 bridgehead atoms. The lowest BCUT2D eigenvalue weighted by molar-refractivity contribution is -0.134. The lowest BCUT2D eigenvalue weighted by atomic mass is 9.83. The Morgan fingerprint density at radius 2 is 1.56 bits per heavy atom. The Kier molecular flexibility index (Phi) is 4.84. The summed E-state index contributed by atoms with van der Waals surface area (Å²) in [5, 5.41) is 3.38. The Morgan fingerprint density at radius 3 is 2.12 bits per heavy atom. The van der Waals surface area contributed by atoms with Crippen LogP contribution in [0.15, 0.2) is 60.7 Å². The molecule has 2 aromatic carbocycles. The van der Waals surface area contributed by atoms with Crippen LogP contribution < -0.4 is 5.32 Å². The lowest BCUT2D eigenvalue weighted by Gasteiger charge is -2.34. The second-order valence-electron chi connectivity index (χ2n) is 7.19. The second-order valence-corrected chi connectivity index (χ2v) is 7.19. The maximum atomic E-state index is 13.1. The highest BCUT2D eigenvalue weighted by atomic mass is 16.2. The molecule has 0 spiro atoms. The molecule has 25 heavy (non-hydrogen) atoms. The van der Waals surface area contributed by atoms with Gasteiger partial charge in [-0.15, -0.1) is 0 Å². The van der Waals surface area contributed by atoms with E-state index in [1.807, 2.05) is 0 Å². The molecule has 2 fully saturated rings. The Hall–Kier alpha value is -2.13. The molecule has 4 rings (SSSR count). The van der Waals surface area contributed by atoms with E-state index in [2.05, 4.69) is 70.9 Å². The summed E-state index contributed by atoms with van der Waals surface area (Å²) in [6.07, 6.45) is 4.26. The van der Waals surface area contributed by atoms with E-state index >= 15 is 0 Å². The molecule has 0 radical (unpaired) electrons. The van der Waals surface area contributed by atoms with Crippen molar-refractivity contribution in [3.05, 3.63) is 71.8 Å². The van der Waals surface area contributed by atoms with Crippen molar-refractivity contribution in [1.29, 1.82) is 0 Å². The average molecular weight is 334 g/mol. The van der Waals surface area contributed by atoms with Crippen molar-refractivity contribution in [2.24, 2.45) is 0 Å². The minimum atomic E-state index is 0.0211. The van der Waals surface area contributed by atoms with Crippen LogP contribution in [0, 0.1) is 0 Å². The van der Waals surface area contributed by atoms with Crippen molar-refractivity contribution in [3.63, 3.8) is 0 Å². The van der Waals surface area contributed by atoms with Gasteiger partial charge in [-0.1, -0.05) is 60.7 Å². The number of nitrogens with zero attached hydrogens (tertiary/aromatic N) is 1. The van der Waals surface area contributed by atoms with Gasteiger partial charge in [-0.05, 0) is 43.4 Å². The van der Waals surface area contributed by atoms with Crippen molar-refractivity contribution >= 4 is 5.91 Å². The van der Waals surface area contributed by atoms with Gasteiger partial charge in [-0.3, -0.25) is 4.79 Å². The lowest BCUT2D eigenvalue weighted by Crippen LogP contribution is -2.47. The van der Waals surface area contributed by atoms with Crippen LogP contribution in [0.4, 0.5) is 0 Å². The molecular formula is C22H26N2O. The van der Waals surface area contributed by atoms with Gasteiger partial charge in [0.15, 0.2) is 0 Å². The summed E-state index contributed by atoms with van der Waals surface area (Å²) in [7, 11) is 0. The predicted molar refractivity (Wildman–Crippen MR) is 100 cm³/mol. The quantitative estimate of drug-likeness (QED) is 0.927. The summed E-state index contributed by atoms with van der Waals surface area (Å²) < 4.78 is 0. The first-order valence-electron chi connectivity index (χ1n) is 9.48. The Labute approximate surface area is 150 Å². The van der Waals surface area contributed by atoms with Crippen LogP contribution in [0.3, 0.4) is 0 Å². The first kappa shape index (κ1) is 16.3. The molecule has 2 atom stereocenters. The van der Waals surface area contributed by atoms with Gasteiger partial charge in [-0.25, -0.2) is 0 Å². The summed E-state index contributed by atoms with van der Waals surface area (Å²) >= 11 is 0. The van der Waals surface area contributed by atoms with Crippen molar-refractivity contribution in [2.45, 2.75) is 43.7 Å². The average Bonchev–Trinajstić information content (AvgIpc) is 3.36. The number of hydrogen-bond acceptors (Lipinski definition) is 2. The zero-order valence-corrected chi connectivity index (χ0v) is 14.6. The smallest absolute Gasteiger partial charge is 0.239 e. The minimum Gasteiger partial charge on any atom is -0.337 e. The van der Waals surface area contributed by atoms with E-state index in [9.17, 15) is 4.79 Å². The minimum absolute atomic E-state index is 0.0211. The SMILES string of the molecule is O=C(C1CCCN1)N1CCCC1C(c1ccccc1)c1ccccc1. The van der Waals surface area contributed by atoms with Crippen LogP contribution in [-0.2, 0) is 4.79 Å². The second kappa shape index (κ2) is 7.40. The molecule has 2 unspecified atom stereocenters. The van der Waals surface area contributed by atoms with E-state index in [1.165, 1.54) is 11.1 Å². The number of nitrogens with one attached hydrogen (secondary N) is 1. The fourth-order valence-electron chi connectivity index (χ4n) is 4.47. The molecule has 3 heteroatoms. The number of carbonyl (C=O) groups is 1. The molecule has 0 aliphatic carbocycles. The Bertz CT molecular complexity index is 655. The van der Waals surface area contributed by atoms with E-state index in [0.29, 0.717) is 5.91 Å². The van der Waals surface area contributed by atoms with Crippen LogP contribution in [0.25, 0.3) is 0 Å². The molecule has 2 saturated heterocycles. The largest absolute Gasteiger partial charge is 0.337 e. The topological polar surface area (TPSA) is 32.3 Å². The summed E-state index contributed by atoms with van der Waals surface area (Å²) in [4.78, 5) is 15.2. The zero-order valence-electron chi connectivity index (χ0n) is 14.6. The summed E-state index contributed by atoms with van der Waals surface area (Å²) in [6.45, 7) is 1.85. The highest BCUT2D eigenvalue weighted by Gasteiger charge is 2.39. The van der Waals surface area contributed by atoms with Crippen molar-refractivity contribution in [3.8, 4) is 0 Å². The van der Waals surface area contributed by atoms with Crippen LogP contribution in [-0.4, -0.2) is 36.0 Å². The first-order valence-corrected chi connectivity index (χ1v) is 9.48. The third-order valence-corrected chi connectivity index (χ3v) is 5.64. The molecule has 1 N–H and O–H groups in total. The van der Waals surface area contributed by atoms with Crippen LogP contribution in [0.5, 0.6) is 0 Å². The van der Waals surface area contributed by atoms with E-state index in [0.717, 1.165) is 38.8 Å². The van der Waals surface area contributed by atoms with Crippen LogP contribution in [0.1, 0.15) is 42.7 Å². The molecule has 3 nitrogen and oxygen atoms in total. The van der Waals surface area contributed by atoms with E-state index in [1.54, 1.807) is 0 Å². The fourth-order valence-corrected chi connectivity index (χ4v) is 4.47. The molecule has 2 heterocycles. The van der Waals surface area contributed by atoms with Gasteiger partial charge in [0.2, 0.25) is 5.91 Å². The fraction of sp³-hybridized carbons (Fsp3) is 0.409. The van der Waals surface area contributed by atoms with Gasteiger partial charge in [-0.2, -0.15) is 0 Å². The van der Waals surface area contributed by atoms with Crippen LogP contribution >= 0.6 is 0 Å².